The standard InChI is InChI=1S/C16H27NO2/c1-11(2)10-19-15-9-14(16(15,4)5)17-12(3)13-7-6-8-18-13/h6-8,11-12,14-15,17H,9-10H2,1-5H3. The lowest BCUT2D eigenvalue weighted by atomic mass is 9.64. The van der Waals surface area contributed by atoms with Crippen LogP contribution in [-0.2, 0) is 4.74 Å². The van der Waals surface area contributed by atoms with Crippen LogP contribution in [0.25, 0.3) is 0 Å². The van der Waals surface area contributed by atoms with Crippen molar-refractivity contribution in [2.45, 2.75) is 59.2 Å². The monoisotopic (exact) mass is 265 g/mol. The van der Waals surface area contributed by atoms with E-state index in [2.05, 4.69) is 39.9 Å². The first-order chi connectivity index (χ1) is 8.91. The summed E-state index contributed by atoms with van der Waals surface area (Å²) in [6.07, 6.45) is 3.19. The molecule has 3 atom stereocenters. The van der Waals surface area contributed by atoms with Gasteiger partial charge in [0, 0.05) is 18.1 Å². The first-order valence-corrected chi connectivity index (χ1v) is 7.32. The van der Waals surface area contributed by atoms with Crippen LogP contribution < -0.4 is 5.32 Å². The van der Waals surface area contributed by atoms with Crippen LogP contribution in [-0.4, -0.2) is 18.8 Å². The van der Waals surface area contributed by atoms with Crippen LogP contribution in [0.5, 0.6) is 0 Å². The first kappa shape index (κ1) is 14.6. The summed E-state index contributed by atoms with van der Waals surface area (Å²) >= 11 is 0. The highest BCUT2D eigenvalue weighted by Gasteiger charge is 2.49. The van der Waals surface area contributed by atoms with Gasteiger partial charge in [0.2, 0.25) is 0 Å². The molecule has 1 aliphatic carbocycles. The molecule has 1 N–H and O–H groups in total. The van der Waals surface area contributed by atoms with Gasteiger partial charge in [-0.25, -0.2) is 0 Å². The van der Waals surface area contributed by atoms with Gasteiger partial charge in [0.25, 0.3) is 0 Å². The van der Waals surface area contributed by atoms with Crippen LogP contribution in [0.2, 0.25) is 0 Å². The molecule has 108 valence electrons. The smallest absolute Gasteiger partial charge is 0.120 e. The van der Waals surface area contributed by atoms with Gasteiger partial charge < -0.3 is 14.5 Å². The molecule has 0 spiro atoms. The highest BCUT2D eigenvalue weighted by Crippen LogP contribution is 2.43. The number of hydrogen-bond acceptors (Lipinski definition) is 3. The molecule has 1 heterocycles. The van der Waals surface area contributed by atoms with E-state index in [4.69, 9.17) is 9.15 Å². The van der Waals surface area contributed by atoms with Crippen LogP contribution in [0, 0.1) is 11.3 Å². The van der Waals surface area contributed by atoms with Crippen molar-refractivity contribution in [3.8, 4) is 0 Å². The van der Waals surface area contributed by atoms with E-state index in [1.807, 2.05) is 12.1 Å². The maximum Gasteiger partial charge on any atom is 0.120 e. The van der Waals surface area contributed by atoms with E-state index in [0.717, 1.165) is 18.8 Å². The molecule has 3 unspecified atom stereocenters. The van der Waals surface area contributed by atoms with Gasteiger partial charge in [0.1, 0.15) is 5.76 Å². The molecule has 0 aliphatic heterocycles. The average molecular weight is 265 g/mol. The van der Waals surface area contributed by atoms with Crippen LogP contribution >= 0.6 is 0 Å². The Morgan fingerprint density at radius 3 is 2.68 bits per heavy atom. The molecule has 1 fully saturated rings. The molecule has 0 radical (unpaired) electrons. The third-order valence-corrected chi connectivity index (χ3v) is 4.23. The average Bonchev–Trinajstić information content (AvgIpc) is 2.85. The van der Waals surface area contributed by atoms with Crippen LogP contribution in [0.3, 0.4) is 0 Å². The number of hydrogen-bond donors (Lipinski definition) is 1. The Balaban J connectivity index is 1.84. The Hall–Kier alpha value is -0.800. The van der Waals surface area contributed by atoms with Crippen molar-refractivity contribution < 1.29 is 9.15 Å². The summed E-state index contributed by atoms with van der Waals surface area (Å²) in [5.41, 5.74) is 0.190. The SMILES string of the molecule is CC(C)COC1CC(NC(C)c2ccco2)C1(C)C. The second-order valence-electron chi connectivity index (χ2n) is 6.73. The van der Waals surface area contributed by atoms with E-state index in [1.165, 1.54) is 0 Å². The van der Waals surface area contributed by atoms with Crippen LogP contribution in [0.15, 0.2) is 22.8 Å². The van der Waals surface area contributed by atoms with Gasteiger partial charge in [-0.1, -0.05) is 27.7 Å². The lowest BCUT2D eigenvalue weighted by Gasteiger charge is -2.52. The predicted molar refractivity (Wildman–Crippen MR) is 77.0 cm³/mol. The fraction of sp³-hybridized carbons (Fsp3) is 0.750. The Morgan fingerprint density at radius 2 is 2.16 bits per heavy atom. The van der Waals surface area contributed by atoms with Crippen molar-refractivity contribution in [2.24, 2.45) is 11.3 Å². The van der Waals surface area contributed by atoms with Gasteiger partial charge in [-0.3, -0.25) is 0 Å². The van der Waals surface area contributed by atoms with Gasteiger partial charge in [-0.2, -0.15) is 0 Å². The third kappa shape index (κ3) is 3.21. The van der Waals surface area contributed by atoms with E-state index in [-0.39, 0.29) is 11.5 Å². The van der Waals surface area contributed by atoms with Crippen molar-refractivity contribution in [3.05, 3.63) is 24.2 Å². The Morgan fingerprint density at radius 1 is 1.42 bits per heavy atom. The van der Waals surface area contributed by atoms with Gasteiger partial charge >= 0.3 is 0 Å². The van der Waals surface area contributed by atoms with Gasteiger partial charge in [-0.15, -0.1) is 0 Å². The minimum absolute atomic E-state index is 0.190. The topological polar surface area (TPSA) is 34.4 Å². The zero-order chi connectivity index (χ0) is 14.0. The quantitative estimate of drug-likeness (QED) is 0.850. The second kappa shape index (κ2) is 5.68. The van der Waals surface area contributed by atoms with Crippen LogP contribution in [0.1, 0.15) is 52.8 Å². The molecule has 0 aromatic carbocycles. The molecule has 1 saturated carbocycles. The van der Waals surface area contributed by atoms with Gasteiger partial charge in [-0.05, 0) is 31.4 Å². The minimum atomic E-state index is 0.190. The number of ether oxygens (including phenoxy) is 1. The molecule has 1 aromatic rings. The van der Waals surface area contributed by atoms with E-state index in [9.17, 15) is 0 Å². The molecular weight excluding hydrogens is 238 g/mol. The fourth-order valence-corrected chi connectivity index (χ4v) is 2.68. The number of nitrogens with one attached hydrogen (secondary N) is 1. The molecule has 0 bridgehead atoms. The maximum absolute atomic E-state index is 5.99. The van der Waals surface area contributed by atoms with Crippen LogP contribution in [0.4, 0.5) is 0 Å². The van der Waals surface area contributed by atoms with Gasteiger partial charge in [0.05, 0.1) is 18.4 Å². The Kier molecular flexibility index (Phi) is 4.36. The fourth-order valence-electron chi connectivity index (χ4n) is 2.68. The normalized spacial score (nSPS) is 27.3. The molecule has 2 rings (SSSR count). The first-order valence-electron chi connectivity index (χ1n) is 7.32. The lowest BCUT2D eigenvalue weighted by Crippen LogP contribution is -2.61. The van der Waals surface area contributed by atoms with E-state index < -0.39 is 0 Å². The highest BCUT2D eigenvalue weighted by molar-refractivity contribution is 5.08. The molecule has 3 nitrogen and oxygen atoms in total. The molecule has 0 amide bonds. The summed E-state index contributed by atoms with van der Waals surface area (Å²) in [6.45, 7) is 12.0. The maximum atomic E-state index is 5.99. The predicted octanol–water partition coefficient (Wildman–Crippen LogP) is 3.77. The summed E-state index contributed by atoms with van der Waals surface area (Å²) in [4.78, 5) is 0. The molecule has 19 heavy (non-hydrogen) atoms. The Bertz CT molecular complexity index is 383. The Labute approximate surface area is 116 Å². The highest BCUT2D eigenvalue weighted by atomic mass is 16.5. The summed E-state index contributed by atoms with van der Waals surface area (Å²) in [5, 5.41) is 3.65. The largest absolute Gasteiger partial charge is 0.468 e. The second-order valence-corrected chi connectivity index (χ2v) is 6.73. The third-order valence-electron chi connectivity index (χ3n) is 4.23. The summed E-state index contributed by atoms with van der Waals surface area (Å²) in [5.74, 6) is 1.60. The van der Waals surface area contributed by atoms with Crippen molar-refractivity contribution in [3.63, 3.8) is 0 Å². The molecule has 1 aromatic heterocycles. The molecule has 1 aliphatic rings. The molecular formula is C16H27NO2. The van der Waals surface area contributed by atoms with E-state index >= 15 is 0 Å². The summed E-state index contributed by atoms with van der Waals surface area (Å²) in [7, 11) is 0. The number of furan rings is 1. The van der Waals surface area contributed by atoms with Crippen molar-refractivity contribution >= 4 is 0 Å². The summed E-state index contributed by atoms with van der Waals surface area (Å²) < 4.78 is 11.4. The minimum Gasteiger partial charge on any atom is -0.468 e. The zero-order valence-corrected chi connectivity index (χ0v) is 12.8. The van der Waals surface area contributed by atoms with Gasteiger partial charge in [0.15, 0.2) is 0 Å². The lowest BCUT2D eigenvalue weighted by molar-refractivity contribution is -0.126. The zero-order valence-electron chi connectivity index (χ0n) is 12.8. The molecule has 3 heteroatoms. The molecule has 0 saturated heterocycles. The van der Waals surface area contributed by atoms with Crippen molar-refractivity contribution in [1.29, 1.82) is 0 Å². The van der Waals surface area contributed by atoms with Crippen molar-refractivity contribution in [1.82, 2.24) is 5.32 Å². The van der Waals surface area contributed by atoms with Crippen molar-refractivity contribution in [2.75, 3.05) is 6.61 Å². The van der Waals surface area contributed by atoms with E-state index in [0.29, 0.717) is 18.1 Å². The van der Waals surface area contributed by atoms with E-state index in [1.54, 1.807) is 6.26 Å². The summed E-state index contributed by atoms with van der Waals surface area (Å²) in [6, 6.07) is 4.71. The number of rotatable bonds is 6.